The van der Waals surface area contributed by atoms with Crippen molar-refractivity contribution < 1.29 is 0 Å². The number of halogens is 1. The monoisotopic (exact) mass is 187 g/mol. The van der Waals surface area contributed by atoms with Crippen molar-refractivity contribution >= 4 is 15.9 Å². The third-order valence-corrected chi connectivity index (χ3v) is 1.29. The molecule has 9 heavy (non-hydrogen) atoms. The first-order chi connectivity index (χ1) is 4.16. The van der Waals surface area contributed by atoms with E-state index in [1.54, 1.807) is 6.08 Å². The van der Waals surface area contributed by atoms with Crippen molar-refractivity contribution in [1.82, 2.24) is 0 Å². The van der Waals surface area contributed by atoms with E-state index in [4.69, 9.17) is 5.73 Å². The summed E-state index contributed by atoms with van der Waals surface area (Å²) in [6.07, 6.45) is 5.37. The van der Waals surface area contributed by atoms with Gasteiger partial charge in [0.15, 0.2) is 0 Å². The minimum Gasteiger partial charge on any atom is -0.402 e. The fourth-order valence-corrected chi connectivity index (χ4v) is 0.411. The number of hydrogen-bond acceptors (Lipinski definition) is 1. The first-order valence-corrected chi connectivity index (χ1v) is 3.38. The van der Waals surface area contributed by atoms with E-state index in [9.17, 15) is 0 Å². The summed E-state index contributed by atoms with van der Waals surface area (Å²) in [6.45, 7) is 5.39. The van der Waals surface area contributed by atoms with Crippen LogP contribution in [0.3, 0.4) is 0 Å². The lowest BCUT2D eigenvalue weighted by molar-refractivity contribution is 1.32. The van der Waals surface area contributed by atoms with Gasteiger partial charge in [0.05, 0.1) is 0 Å². The molecule has 2 heteroatoms. The van der Waals surface area contributed by atoms with Crippen LogP contribution < -0.4 is 5.73 Å². The first-order valence-electron chi connectivity index (χ1n) is 2.59. The van der Waals surface area contributed by atoms with Crippen molar-refractivity contribution in [3.8, 4) is 0 Å². The summed E-state index contributed by atoms with van der Waals surface area (Å²) in [4.78, 5) is 0. The van der Waals surface area contributed by atoms with Gasteiger partial charge >= 0.3 is 0 Å². The van der Waals surface area contributed by atoms with Gasteiger partial charge < -0.3 is 5.73 Å². The van der Waals surface area contributed by atoms with Crippen molar-refractivity contribution in [2.75, 3.05) is 0 Å². The highest BCUT2D eigenvalue weighted by Crippen LogP contribution is 2.04. The van der Waals surface area contributed by atoms with Crippen molar-refractivity contribution in [2.24, 2.45) is 5.73 Å². The molecule has 0 aromatic rings. The average Bonchev–Trinajstić information content (AvgIpc) is 1.83. The molecule has 0 aliphatic carbocycles. The molecular formula is C7H10BrN. The van der Waals surface area contributed by atoms with Crippen LogP contribution in [0.1, 0.15) is 6.92 Å². The maximum Gasteiger partial charge on any atom is 0.0170 e. The molecule has 0 unspecified atom stereocenters. The lowest BCUT2D eigenvalue weighted by Crippen LogP contribution is -1.87. The average molecular weight is 188 g/mol. The zero-order valence-corrected chi connectivity index (χ0v) is 6.98. The van der Waals surface area contributed by atoms with Gasteiger partial charge in [-0.1, -0.05) is 28.6 Å². The van der Waals surface area contributed by atoms with Gasteiger partial charge in [0, 0.05) is 10.2 Å². The van der Waals surface area contributed by atoms with E-state index in [1.165, 1.54) is 0 Å². The Bertz CT molecular complexity index is 152. The standard InChI is InChI=1S/C7H10BrN/c1-3-7(8)5-4-6(2)9/h3-5H,1,9H2,2H3/b6-4+,7-5+. The minimum absolute atomic E-state index is 0.786. The Morgan fingerprint density at radius 2 is 2.11 bits per heavy atom. The third-order valence-electron chi connectivity index (χ3n) is 0.700. The molecule has 0 aliphatic rings. The quantitative estimate of drug-likeness (QED) is 0.661. The van der Waals surface area contributed by atoms with Crippen LogP contribution in [0.4, 0.5) is 0 Å². The molecule has 2 N–H and O–H groups in total. The predicted molar refractivity (Wildman–Crippen MR) is 45.2 cm³/mol. The SMILES string of the molecule is C=C/C(Br)=C\C=C(/C)N. The molecular weight excluding hydrogens is 178 g/mol. The van der Waals surface area contributed by atoms with Crippen LogP contribution in [-0.4, -0.2) is 0 Å². The molecule has 0 saturated carbocycles. The molecule has 0 aromatic carbocycles. The van der Waals surface area contributed by atoms with Gasteiger partial charge in [-0.05, 0) is 19.1 Å². The van der Waals surface area contributed by atoms with Gasteiger partial charge in [0.2, 0.25) is 0 Å². The second-order valence-corrected chi connectivity index (χ2v) is 2.58. The molecule has 0 heterocycles. The lowest BCUT2D eigenvalue weighted by Gasteiger charge is -1.84. The second-order valence-electron chi connectivity index (χ2n) is 1.67. The number of rotatable bonds is 2. The van der Waals surface area contributed by atoms with Crippen molar-refractivity contribution in [3.05, 3.63) is 35.0 Å². The molecule has 0 spiro atoms. The van der Waals surface area contributed by atoms with Crippen LogP contribution in [0.15, 0.2) is 35.0 Å². The van der Waals surface area contributed by atoms with Gasteiger partial charge in [-0.3, -0.25) is 0 Å². The predicted octanol–water partition coefficient (Wildman–Crippen LogP) is 2.31. The number of hydrogen-bond donors (Lipinski definition) is 1. The van der Waals surface area contributed by atoms with Crippen molar-refractivity contribution in [2.45, 2.75) is 6.92 Å². The van der Waals surface area contributed by atoms with E-state index in [0.29, 0.717) is 0 Å². The summed E-state index contributed by atoms with van der Waals surface area (Å²) >= 11 is 3.25. The summed E-state index contributed by atoms with van der Waals surface area (Å²) in [5.74, 6) is 0. The fourth-order valence-electron chi connectivity index (χ4n) is 0.279. The van der Waals surface area contributed by atoms with Gasteiger partial charge in [-0.2, -0.15) is 0 Å². The van der Waals surface area contributed by atoms with Crippen LogP contribution in [0.25, 0.3) is 0 Å². The Hall–Kier alpha value is -0.500. The summed E-state index contributed by atoms with van der Waals surface area (Å²) in [5.41, 5.74) is 6.14. The molecule has 0 atom stereocenters. The van der Waals surface area contributed by atoms with Gasteiger partial charge in [-0.25, -0.2) is 0 Å². The Balaban J connectivity index is 3.98. The minimum atomic E-state index is 0.786. The lowest BCUT2D eigenvalue weighted by atomic mass is 10.4. The molecule has 0 rings (SSSR count). The van der Waals surface area contributed by atoms with Crippen LogP contribution in [0.5, 0.6) is 0 Å². The number of allylic oxidation sites excluding steroid dienone is 5. The van der Waals surface area contributed by atoms with Crippen LogP contribution in [-0.2, 0) is 0 Å². The Morgan fingerprint density at radius 1 is 1.56 bits per heavy atom. The molecule has 50 valence electrons. The van der Waals surface area contributed by atoms with E-state index in [-0.39, 0.29) is 0 Å². The summed E-state index contributed by atoms with van der Waals surface area (Å²) in [5, 5.41) is 0. The number of nitrogens with two attached hydrogens (primary N) is 1. The molecule has 0 aromatic heterocycles. The van der Waals surface area contributed by atoms with E-state index in [1.807, 2.05) is 19.1 Å². The van der Waals surface area contributed by atoms with Crippen molar-refractivity contribution in [3.63, 3.8) is 0 Å². The highest BCUT2D eigenvalue weighted by Gasteiger charge is 1.77. The fraction of sp³-hybridized carbons (Fsp3) is 0.143. The van der Waals surface area contributed by atoms with Crippen molar-refractivity contribution in [1.29, 1.82) is 0 Å². The van der Waals surface area contributed by atoms with Crippen LogP contribution in [0.2, 0.25) is 0 Å². The summed E-state index contributed by atoms with van der Waals surface area (Å²) in [6, 6.07) is 0. The smallest absolute Gasteiger partial charge is 0.0170 e. The highest BCUT2D eigenvalue weighted by atomic mass is 79.9. The molecule has 0 aliphatic heterocycles. The van der Waals surface area contributed by atoms with Gasteiger partial charge in [0.1, 0.15) is 0 Å². The maximum absolute atomic E-state index is 5.36. The molecule has 1 nitrogen and oxygen atoms in total. The van der Waals surface area contributed by atoms with Gasteiger partial charge in [-0.15, -0.1) is 0 Å². The normalized spacial score (nSPS) is 13.6. The second kappa shape index (κ2) is 4.39. The van der Waals surface area contributed by atoms with E-state index < -0.39 is 0 Å². The summed E-state index contributed by atoms with van der Waals surface area (Å²) < 4.78 is 0.937. The Morgan fingerprint density at radius 3 is 2.44 bits per heavy atom. The topological polar surface area (TPSA) is 26.0 Å². The van der Waals surface area contributed by atoms with E-state index >= 15 is 0 Å². The van der Waals surface area contributed by atoms with E-state index in [0.717, 1.165) is 10.2 Å². The zero-order valence-electron chi connectivity index (χ0n) is 5.39. The highest BCUT2D eigenvalue weighted by molar-refractivity contribution is 9.11. The zero-order chi connectivity index (χ0) is 7.28. The van der Waals surface area contributed by atoms with Crippen LogP contribution >= 0.6 is 15.9 Å². The summed E-state index contributed by atoms with van der Waals surface area (Å²) in [7, 11) is 0. The molecule has 0 radical (unpaired) electrons. The molecule has 0 bridgehead atoms. The third kappa shape index (κ3) is 5.37. The first kappa shape index (κ1) is 8.50. The molecule has 0 saturated heterocycles. The largest absolute Gasteiger partial charge is 0.402 e. The van der Waals surface area contributed by atoms with Crippen LogP contribution in [0, 0.1) is 0 Å². The van der Waals surface area contributed by atoms with E-state index in [2.05, 4.69) is 22.5 Å². The molecule has 0 fully saturated rings. The molecule has 0 amide bonds. The Labute approximate surface area is 64.1 Å². The Kier molecular flexibility index (Phi) is 4.14. The van der Waals surface area contributed by atoms with Gasteiger partial charge in [0.25, 0.3) is 0 Å². The maximum atomic E-state index is 5.36.